The van der Waals surface area contributed by atoms with Crippen LogP contribution in [0.1, 0.15) is 32.8 Å². The van der Waals surface area contributed by atoms with E-state index in [1.54, 1.807) is 19.1 Å². The van der Waals surface area contributed by atoms with Gasteiger partial charge in [-0.2, -0.15) is 0 Å². The van der Waals surface area contributed by atoms with Crippen molar-refractivity contribution in [1.29, 1.82) is 0 Å². The molecule has 2 unspecified atom stereocenters. The van der Waals surface area contributed by atoms with Gasteiger partial charge in [0.2, 0.25) is 0 Å². The van der Waals surface area contributed by atoms with E-state index < -0.39 is 6.10 Å². The summed E-state index contributed by atoms with van der Waals surface area (Å²) >= 11 is 5.98. The molecule has 112 valence electrons. The molecule has 0 bridgehead atoms. The Morgan fingerprint density at radius 2 is 2.10 bits per heavy atom. The number of rotatable bonds is 7. The molecular weight excluding hydrogens is 276 g/mol. The second-order valence-electron chi connectivity index (χ2n) is 4.86. The molecule has 2 atom stereocenters. The summed E-state index contributed by atoms with van der Waals surface area (Å²) in [5.74, 6) is 0.570. The Bertz CT molecular complexity index is 451. The third-order valence-corrected chi connectivity index (χ3v) is 3.30. The molecular formula is C15H23ClN2O2. The van der Waals surface area contributed by atoms with Crippen molar-refractivity contribution in [3.63, 3.8) is 0 Å². The van der Waals surface area contributed by atoms with Crippen LogP contribution in [-0.2, 0) is 11.3 Å². The van der Waals surface area contributed by atoms with Crippen LogP contribution in [0.5, 0.6) is 5.75 Å². The Morgan fingerprint density at radius 3 is 2.70 bits per heavy atom. The van der Waals surface area contributed by atoms with Crippen molar-refractivity contribution in [2.75, 3.05) is 7.05 Å². The molecule has 1 rings (SSSR count). The van der Waals surface area contributed by atoms with Gasteiger partial charge in [0.25, 0.3) is 5.91 Å². The maximum atomic E-state index is 12.0. The average molecular weight is 299 g/mol. The number of carbonyl (C=O) groups is 1. The lowest BCUT2D eigenvalue weighted by Gasteiger charge is -2.19. The molecule has 0 aliphatic rings. The van der Waals surface area contributed by atoms with Gasteiger partial charge < -0.3 is 15.4 Å². The van der Waals surface area contributed by atoms with Crippen molar-refractivity contribution in [2.45, 2.75) is 45.9 Å². The number of carbonyl (C=O) groups excluding carboxylic acids is 1. The van der Waals surface area contributed by atoms with E-state index in [2.05, 4.69) is 10.6 Å². The van der Waals surface area contributed by atoms with Gasteiger partial charge in [0.1, 0.15) is 5.75 Å². The Kier molecular flexibility index (Phi) is 6.82. The van der Waals surface area contributed by atoms with Crippen LogP contribution < -0.4 is 15.4 Å². The summed E-state index contributed by atoms with van der Waals surface area (Å²) in [5, 5.41) is 6.62. The summed E-state index contributed by atoms with van der Waals surface area (Å²) in [6, 6.07) is 5.54. The monoisotopic (exact) mass is 298 g/mol. The fourth-order valence-corrected chi connectivity index (χ4v) is 1.89. The molecule has 2 N–H and O–H groups in total. The zero-order valence-corrected chi connectivity index (χ0v) is 13.3. The quantitative estimate of drug-likeness (QED) is 0.814. The van der Waals surface area contributed by atoms with Crippen molar-refractivity contribution in [2.24, 2.45) is 0 Å². The number of halogens is 1. The third kappa shape index (κ3) is 5.02. The van der Waals surface area contributed by atoms with Crippen LogP contribution in [0.2, 0.25) is 5.02 Å². The highest BCUT2D eigenvalue weighted by molar-refractivity contribution is 6.30. The van der Waals surface area contributed by atoms with Crippen molar-refractivity contribution in [3.8, 4) is 5.75 Å². The molecule has 0 aliphatic carbocycles. The van der Waals surface area contributed by atoms with Crippen LogP contribution in [0.25, 0.3) is 0 Å². The lowest BCUT2D eigenvalue weighted by atomic mass is 10.2. The second-order valence-corrected chi connectivity index (χ2v) is 5.30. The lowest BCUT2D eigenvalue weighted by Crippen LogP contribution is -2.41. The SMILES string of the molecule is CCC(C)NC(=O)C(C)Oc1ccc(Cl)cc1CNC. The minimum Gasteiger partial charge on any atom is -0.481 e. The van der Waals surface area contributed by atoms with Crippen LogP contribution in [0.3, 0.4) is 0 Å². The van der Waals surface area contributed by atoms with E-state index in [-0.39, 0.29) is 11.9 Å². The van der Waals surface area contributed by atoms with Crippen molar-refractivity contribution < 1.29 is 9.53 Å². The number of hydrogen-bond acceptors (Lipinski definition) is 3. The fraction of sp³-hybridized carbons (Fsp3) is 0.533. The smallest absolute Gasteiger partial charge is 0.260 e. The van der Waals surface area contributed by atoms with Crippen molar-refractivity contribution in [1.82, 2.24) is 10.6 Å². The molecule has 4 nitrogen and oxygen atoms in total. The highest BCUT2D eigenvalue weighted by Crippen LogP contribution is 2.23. The number of benzene rings is 1. The molecule has 0 saturated heterocycles. The lowest BCUT2D eigenvalue weighted by molar-refractivity contribution is -0.127. The summed E-state index contributed by atoms with van der Waals surface area (Å²) in [6.07, 6.45) is 0.352. The average Bonchev–Trinajstić information content (AvgIpc) is 2.41. The molecule has 1 aromatic rings. The van der Waals surface area contributed by atoms with E-state index >= 15 is 0 Å². The molecule has 5 heteroatoms. The van der Waals surface area contributed by atoms with Gasteiger partial charge in [0.15, 0.2) is 6.10 Å². The minimum atomic E-state index is -0.541. The summed E-state index contributed by atoms with van der Waals surface area (Å²) in [6.45, 7) is 6.38. The zero-order valence-electron chi connectivity index (χ0n) is 12.5. The van der Waals surface area contributed by atoms with Crippen LogP contribution >= 0.6 is 11.6 Å². The van der Waals surface area contributed by atoms with Gasteiger partial charge in [-0.05, 0) is 45.5 Å². The minimum absolute atomic E-state index is 0.107. The van der Waals surface area contributed by atoms with Gasteiger partial charge in [-0.25, -0.2) is 0 Å². The molecule has 1 amide bonds. The fourth-order valence-electron chi connectivity index (χ4n) is 1.70. The van der Waals surface area contributed by atoms with E-state index in [1.165, 1.54) is 0 Å². The van der Waals surface area contributed by atoms with Crippen molar-refractivity contribution >= 4 is 17.5 Å². The molecule has 0 aliphatic heterocycles. The number of ether oxygens (including phenoxy) is 1. The van der Waals surface area contributed by atoms with Gasteiger partial charge in [0.05, 0.1) is 0 Å². The summed E-state index contributed by atoms with van der Waals surface area (Å²) in [5.41, 5.74) is 0.934. The first kappa shape index (κ1) is 16.8. The van der Waals surface area contributed by atoms with E-state index in [0.29, 0.717) is 17.3 Å². The Labute approximate surface area is 125 Å². The summed E-state index contributed by atoms with van der Waals surface area (Å²) in [4.78, 5) is 12.0. The normalized spacial score (nSPS) is 13.7. The van der Waals surface area contributed by atoms with Gasteiger partial charge in [-0.15, -0.1) is 0 Å². The highest BCUT2D eigenvalue weighted by Gasteiger charge is 2.17. The molecule has 0 aromatic heterocycles. The van der Waals surface area contributed by atoms with E-state index in [4.69, 9.17) is 16.3 Å². The van der Waals surface area contributed by atoms with Crippen LogP contribution in [0.15, 0.2) is 18.2 Å². The summed E-state index contributed by atoms with van der Waals surface area (Å²) < 4.78 is 5.75. The molecule has 20 heavy (non-hydrogen) atoms. The van der Waals surface area contributed by atoms with Gasteiger partial charge in [-0.1, -0.05) is 18.5 Å². The number of nitrogens with one attached hydrogen (secondary N) is 2. The predicted octanol–water partition coefficient (Wildman–Crippen LogP) is 2.74. The first-order chi connectivity index (χ1) is 9.47. The number of amides is 1. The molecule has 0 radical (unpaired) electrons. The topological polar surface area (TPSA) is 50.4 Å². The predicted molar refractivity (Wildman–Crippen MR) is 82.2 cm³/mol. The van der Waals surface area contributed by atoms with Crippen LogP contribution in [0.4, 0.5) is 0 Å². The van der Waals surface area contributed by atoms with Crippen LogP contribution in [0, 0.1) is 0 Å². The standard InChI is InChI=1S/C15H23ClN2O2/c1-5-10(2)18-15(19)11(3)20-14-7-6-13(16)8-12(14)9-17-4/h6-8,10-11,17H,5,9H2,1-4H3,(H,18,19). The largest absolute Gasteiger partial charge is 0.481 e. The molecule has 0 saturated carbocycles. The van der Waals surface area contributed by atoms with Crippen LogP contribution in [-0.4, -0.2) is 25.1 Å². The van der Waals surface area contributed by atoms with E-state index in [1.807, 2.05) is 27.0 Å². The van der Waals surface area contributed by atoms with Crippen molar-refractivity contribution in [3.05, 3.63) is 28.8 Å². The van der Waals surface area contributed by atoms with E-state index in [9.17, 15) is 4.79 Å². The molecule has 0 heterocycles. The molecule has 0 spiro atoms. The number of hydrogen-bond donors (Lipinski definition) is 2. The zero-order chi connectivity index (χ0) is 15.1. The maximum Gasteiger partial charge on any atom is 0.260 e. The van der Waals surface area contributed by atoms with Gasteiger partial charge in [0, 0.05) is 23.2 Å². The summed E-state index contributed by atoms with van der Waals surface area (Å²) in [7, 11) is 1.85. The van der Waals surface area contributed by atoms with Gasteiger partial charge >= 0.3 is 0 Å². The molecule has 1 aromatic carbocycles. The third-order valence-electron chi connectivity index (χ3n) is 3.06. The Morgan fingerprint density at radius 1 is 1.40 bits per heavy atom. The molecule has 0 fully saturated rings. The first-order valence-electron chi connectivity index (χ1n) is 6.88. The van der Waals surface area contributed by atoms with E-state index in [0.717, 1.165) is 12.0 Å². The second kappa shape index (κ2) is 8.12. The highest BCUT2D eigenvalue weighted by atomic mass is 35.5. The Hall–Kier alpha value is -1.26. The maximum absolute atomic E-state index is 12.0. The van der Waals surface area contributed by atoms with Gasteiger partial charge in [-0.3, -0.25) is 4.79 Å². The first-order valence-corrected chi connectivity index (χ1v) is 7.25. The Balaban J connectivity index is 2.74.